The van der Waals surface area contributed by atoms with Crippen molar-refractivity contribution in [1.29, 1.82) is 0 Å². The Balaban J connectivity index is 1.52. The lowest BCUT2D eigenvalue weighted by Crippen LogP contribution is -2.24. The van der Waals surface area contributed by atoms with Crippen molar-refractivity contribution in [3.05, 3.63) is 47.2 Å². The molecule has 0 radical (unpaired) electrons. The summed E-state index contributed by atoms with van der Waals surface area (Å²) in [4.78, 5) is 16.7. The van der Waals surface area contributed by atoms with Gasteiger partial charge in [-0.2, -0.15) is 10.6 Å². The first kappa shape index (κ1) is 20.2. The Morgan fingerprint density at radius 1 is 1.14 bits per heavy atom. The van der Waals surface area contributed by atoms with E-state index in [0.717, 1.165) is 48.9 Å². The Labute approximate surface area is 172 Å². The molecule has 2 heterocycles. The molecule has 1 aromatic carbocycles. The van der Waals surface area contributed by atoms with Crippen molar-refractivity contribution in [2.45, 2.75) is 32.1 Å². The summed E-state index contributed by atoms with van der Waals surface area (Å²) in [6.07, 6.45) is 4.35. The first-order chi connectivity index (χ1) is 13.9. The fraction of sp³-hybridized carbons (Fsp3) is 0.455. The molecule has 2 aliphatic rings. The number of aryl methyl sites for hydroxylation is 2. The van der Waals surface area contributed by atoms with E-state index < -0.39 is 10.6 Å². The van der Waals surface area contributed by atoms with Crippen molar-refractivity contribution in [3.63, 3.8) is 0 Å². The molecule has 7 heteroatoms. The Hall–Kier alpha value is -2.09. The molecule has 29 heavy (non-hydrogen) atoms. The van der Waals surface area contributed by atoms with Crippen molar-refractivity contribution >= 4 is 16.6 Å². The number of hydrogen-bond donors (Lipinski definition) is 2. The van der Waals surface area contributed by atoms with Crippen molar-refractivity contribution in [1.82, 2.24) is 4.98 Å². The van der Waals surface area contributed by atoms with Crippen LogP contribution >= 0.6 is 10.6 Å². The van der Waals surface area contributed by atoms with Gasteiger partial charge in [-0.25, -0.2) is 9.78 Å². The third kappa shape index (κ3) is 4.57. The molecule has 0 saturated carbocycles. The molecule has 2 N–H and O–H groups in total. The van der Waals surface area contributed by atoms with Crippen LogP contribution in [-0.2, 0) is 17.6 Å². The zero-order valence-electron chi connectivity index (χ0n) is 16.6. The van der Waals surface area contributed by atoms with Gasteiger partial charge in [-0.15, -0.1) is 0 Å². The lowest BCUT2D eigenvalue weighted by molar-refractivity contribution is 0.0600. The smallest absolute Gasteiger partial charge is 0.337 e. The van der Waals surface area contributed by atoms with Gasteiger partial charge in [-0.05, 0) is 67.3 Å². The predicted molar refractivity (Wildman–Crippen MR) is 114 cm³/mol. The number of rotatable bonds is 4. The summed E-state index contributed by atoms with van der Waals surface area (Å²) in [7, 11) is -0.968. The third-order valence-electron chi connectivity index (χ3n) is 5.80. The van der Waals surface area contributed by atoms with Crippen LogP contribution in [0.4, 0.5) is 0 Å². The summed E-state index contributed by atoms with van der Waals surface area (Å²) in [5, 5.41) is 0. The van der Waals surface area contributed by atoms with Crippen molar-refractivity contribution in [3.8, 4) is 17.0 Å². The normalized spacial score (nSPS) is 19.4. The van der Waals surface area contributed by atoms with Gasteiger partial charge in [-0.1, -0.05) is 6.07 Å². The minimum atomic E-state index is -2.36. The number of ether oxygens (including phenoxy) is 2. The van der Waals surface area contributed by atoms with Gasteiger partial charge in [0.1, 0.15) is 0 Å². The average molecular weight is 418 g/mol. The SMILES string of the molecule is COC(=O)c1ccc2c(c1)-c1ccc(OCC3CCS(O)(O)CC3)nc1CCC2. The maximum absolute atomic E-state index is 11.9. The van der Waals surface area contributed by atoms with Crippen LogP contribution in [0.1, 0.15) is 40.9 Å². The number of benzene rings is 1. The molecular formula is C22H27NO5S. The fourth-order valence-electron chi connectivity index (χ4n) is 4.06. The van der Waals surface area contributed by atoms with Gasteiger partial charge in [0.15, 0.2) is 0 Å². The highest BCUT2D eigenvalue weighted by atomic mass is 32.3. The summed E-state index contributed by atoms with van der Waals surface area (Å²) in [6, 6.07) is 9.64. The number of pyridine rings is 1. The van der Waals surface area contributed by atoms with Gasteiger partial charge in [-0.3, -0.25) is 9.11 Å². The van der Waals surface area contributed by atoms with E-state index >= 15 is 0 Å². The van der Waals surface area contributed by atoms with E-state index in [2.05, 4.69) is 0 Å². The summed E-state index contributed by atoms with van der Waals surface area (Å²) in [5.74, 6) is 1.54. The molecule has 156 valence electrons. The van der Waals surface area contributed by atoms with E-state index in [-0.39, 0.29) is 5.97 Å². The van der Waals surface area contributed by atoms with E-state index in [4.69, 9.17) is 14.5 Å². The van der Waals surface area contributed by atoms with Crippen molar-refractivity contribution in [2.75, 3.05) is 25.2 Å². The molecule has 0 spiro atoms. The standard InChI is InChI=1S/C22H27NO5S/c1-27-22(24)17-6-5-16-3-2-4-20-18(19(16)13-17)7-8-21(23-20)28-14-15-9-11-29(25,26)12-10-15/h5-8,13,15,25-26H,2-4,9-12,14H2,1H3. The van der Waals surface area contributed by atoms with Gasteiger partial charge in [0, 0.05) is 23.1 Å². The van der Waals surface area contributed by atoms with Crippen LogP contribution in [0.15, 0.2) is 30.3 Å². The first-order valence-corrected chi connectivity index (χ1v) is 11.9. The highest BCUT2D eigenvalue weighted by Gasteiger charge is 2.25. The third-order valence-corrected chi connectivity index (χ3v) is 7.58. The lowest BCUT2D eigenvalue weighted by atomic mass is 9.96. The molecule has 1 fully saturated rings. The van der Waals surface area contributed by atoms with Crippen LogP contribution in [-0.4, -0.2) is 45.3 Å². The number of carbonyl (C=O) groups excluding carboxylic acids is 1. The maximum atomic E-state index is 11.9. The monoisotopic (exact) mass is 417 g/mol. The minimum absolute atomic E-state index is 0.332. The van der Waals surface area contributed by atoms with Crippen LogP contribution < -0.4 is 4.74 Å². The molecule has 0 atom stereocenters. The van der Waals surface area contributed by atoms with Crippen molar-refractivity contribution in [2.24, 2.45) is 5.92 Å². The molecule has 0 unspecified atom stereocenters. The van der Waals surface area contributed by atoms with E-state index in [0.29, 0.717) is 35.5 Å². The quantitative estimate of drug-likeness (QED) is 0.709. The number of carbonyl (C=O) groups is 1. The number of hydrogen-bond acceptors (Lipinski definition) is 6. The summed E-state index contributed by atoms with van der Waals surface area (Å²) >= 11 is 0. The number of aromatic nitrogens is 1. The molecule has 1 aliphatic carbocycles. The van der Waals surface area contributed by atoms with Gasteiger partial charge >= 0.3 is 5.97 Å². The summed E-state index contributed by atoms with van der Waals surface area (Å²) < 4.78 is 30.3. The Kier molecular flexibility index (Phi) is 5.81. The van der Waals surface area contributed by atoms with Crippen molar-refractivity contribution < 1.29 is 23.4 Å². The van der Waals surface area contributed by atoms with Gasteiger partial charge in [0.25, 0.3) is 0 Å². The molecule has 1 saturated heterocycles. The number of methoxy groups -OCH3 is 1. The summed E-state index contributed by atoms with van der Waals surface area (Å²) in [6.45, 7) is 0.546. The molecule has 6 nitrogen and oxygen atoms in total. The second kappa shape index (κ2) is 8.34. The fourth-order valence-corrected chi connectivity index (χ4v) is 5.69. The second-order valence-corrected chi connectivity index (χ2v) is 10.2. The number of esters is 1. The van der Waals surface area contributed by atoms with Crippen LogP contribution in [0.3, 0.4) is 0 Å². The van der Waals surface area contributed by atoms with E-state index in [1.54, 1.807) is 0 Å². The number of fused-ring (bicyclic) bond motifs is 3. The van der Waals surface area contributed by atoms with Crippen LogP contribution in [0.25, 0.3) is 11.1 Å². The predicted octanol–water partition coefficient (Wildman–Crippen LogP) is 4.56. The maximum Gasteiger partial charge on any atom is 0.337 e. The summed E-state index contributed by atoms with van der Waals surface area (Å²) in [5.41, 5.74) is 4.83. The molecule has 1 aliphatic heterocycles. The van der Waals surface area contributed by atoms with Crippen LogP contribution in [0.2, 0.25) is 0 Å². The highest BCUT2D eigenvalue weighted by molar-refractivity contribution is 8.24. The molecule has 4 rings (SSSR count). The largest absolute Gasteiger partial charge is 0.477 e. The topological polar surface area (TPSA) is 88.9 Å². The second-order valence-electron chi connectivity index (χ2n) is 7.83. The molecule has 0 amide bonds. The van der Waals surface area contributed by atoms with Gasteiger partial charge in [0.2, 0.25) is 5.88 Å². The lowest BCUT2D eigenvalue weighted by Gasteiger charge is -2.38. The van der Waals surface area contributed by atoms with Crippen LogP contribution in [0, 0.1) is 5.92 Å². The van der Waals surface area contributed by atoms with Gasteiger partial charge < -0.3 is 9.47 Å². The van der Waals surface area contributed by atoms with Crippen LogP contribution in [0.5, 0.6) is 5.88 Å². The van der Waals surface area contributed by atoms with E-state index in [1.165, 1.54) is 12.7 Å². The highest BCUT2D eigenvalue weighted by Crippen LogP contribution is 2.45. The number of nitrogens with zero attached hydrogens (tertiary/aromatic N) is 1. The average Bonchev–Trinajstić information content (AvgIpc) is 2.90. The zero-order chi connectivity index (χ0) is 20.4. The molecule has 2 aromatic rings. The Morgan fingerprint density at radius 3 is 2.69 bits per heavy atom. The zero-order valence-corrected chi connectivity index (χ0v) is 17.4. The van der Waals surface area contributed by atoms with Gasteiger partial charge in [0.05, 0.1) is 25.0 Å². The molecular weight excluding hydrogens is 390 g/mol. The Bertz CT molecular complexity index is 904. The first-order valence-electron chi connectivity index (χ1n) is 10.0. The van der Waals surface area contributed by atoms with E-state index in [1.807, 2.05) is 30.3 Å². The Morgan fingerprint density at radius 2 is 1.93 bits per heavy atom. The molecule has 0 bridgehead atoms. The molecule has 1 aromatic heterocycles. The minimum Gasteiger partial charge on any atom is -0.477 e. The van der Waals surface area contributed by atoms with E-state index in [9.17, 15) is 13.9 Å².